The molecule has 0 bridgehead atoms. The molecule has 0 saturated carbocycles. The Morgan fingerprint density at radius 3 is 2.65 bits per heavy atom. The van der Waals surface area contributed by atoms with Crippen molar-refractivity contribution in [2.24, 2.45) is 0 Å². The molecule has 0 fully saturated rings. The van der Waals surface area contributed by atoms with Gasteiger partial charge in [-0.15, -0.1) is 0 Å². The third kappa shape index (κ3) is 4.90. The van der Waals surface area contributed by atoms with Gasteiger partial charge in [0.15, 0.2) is 11.6 Å². The zero-order valence-corrected chi connectivity index (χ0v) is 14.2. The molecule has 6 nitrogen and oxygen atoms in total. The van der Waals surface area contributed by atoms with Gasteiger partial charge >= 0.3 is 0 Å². The molecular weight excluding hydrogens is 335 g/mol. The van der Waals surface area contributed by atoms with Crippen LogP contribution in [0.2, 0.25) is 0 Å². The van der Waals surface area contributed by atoms with E-state index in [1.165, 1.54) is 0 Å². The Balaban J connectivity index is 1.67. The second-order valence-electron chi connectivity index (χ2n) is 5.30. The molecule has 1 heterocycles. The van der Waals surface area contributed by atoms with E-state index in [2.05, 4.69) is 26.7 Å². The molecule has 26 heavy (non-hydrogen) atoms. The Kier molecular flexibility index (Phi) is 5.95. The highest BCUT2D eigenvalue weighted by molar-refractivity contribution is 5.60. The molecule has 1 aromatic heterocycles. The zero-order chi connectivity index (χ0) is 18.2. The monoisotopic (exact) mass is 353 g/mol. The largest absolute Gasteiger partial charge is 0.491 e. The van der Waals surface area contributed by atoms with Crippen LogP contribution < -0.4 is 15.4 Å². The molecule has 0 amide bonds. The van der Waals surface area contributed by atoms with Crippen LogP contribution in [0.4, 0.5) is 27.5 Å². The Labute approximate surface area is 151 Å². The number of halogens is 1. The van der Waals surface area contributed by atoms with Crippen molar-refractivity contribution in [1.29, 1.82) is 0 Å². The molecule has 0 aliphatic carbocycles. The van der Waals surface area contributed by atoms with Crippen molar-refractivity contribution in [3.8, 4) is 5.75 Å². The lowest BCUT2D eigenvalue weighted by molar-refractivity contribution is 0.146. The van der Waals surface area contributed by atoms with Gasteiger partial charge in [0.1, 0.15) is 12.4 Å². The van der Waals surface area contributed by atoms with Gasteiger partial charge in [-0.05, 0) is 42.5 Å². The topological polar surface area (TPSA) is 68.3 Å². The maximum atomic E-state index is 13.9. The van der Waals surface area contributed by atoms with Gasteiger partial charge in [-0.1, -0.05) is 12.1 Å². The highest BCUT2D eigenvalue weighted by Crippen LogP contribution is 2.21. The fourth-order valence-electron chi connectivity index (χ4n) is 2.13. The van der Waals surface area contributed by atoms with Crippen molar-refractivity contribution >= 4 is 23.1 Å². The summed E-state index contributed by atoms with van der Waals surface area (Å²) in [6.45, 7) is 1.01. The van der Waals surface area contributed by atoms with E-state index in [0.717, 1.165) is 17.6 Å². The molecule has 0 spiro atoms. The minimum absolute atomic E-state index is 0.0848. The maximum Gasteiger partial charge on any atom is 0.229 e. The molecular formula is C19H18FN4O2. The van der Waals surface area contributed by atoms with Crippen LogP contribution in [0, 0.1) is 11.9 Å². The maximum absolute atomic E-state index is 13.9. The van der Waals surface area contributed by atoms with Gasteiger partial charge in [0.25, 0.3) is 0 Å². The van der Waals surface area contributed by atoms with Gasteiger partial charge in [-0.2, -0.15) is 4.98 Å². The summed E-state index contributed by atoms with van der Waals surface area (Å²) in [6, 6.07) is 17.3. The molecule has 0 aliphatic rings. The highest BCUT2D eigenvalue weighted by atomic mass is 19.1. The third-order valence-electron chi connectivity index (χ3n) is 3.38. The fourth-order valence-corrected chi connectivity index (χ4v) is 2.13. The molecule has 2 aromatic carbocycles. The van der Waals surface area contributed by atoms with Gasteiger partial charge in [-0.3, -0.25) is 0 Å². The molecule has 133 valence electrons. The normalized spacial score (nSPS) is 10.4. The van der Waals surface area contributed by atoms with E-state index in [1.807, 2.05) is 24.3 Å². The Bertz CT molecular complexity index is 829. The number of nitrogens with one attached hydrogen (secondary N) is 2. The smallest absolute Gasteiger partial charge is 0.229 e. The molecule has 0 aliphatic heterocycles. The summed E-state index contributed by atoms with van der Waals surface area (Å²) in [6.07, 6.45) is 1.12. The van der Waals surface area contributed by atoms with Crippen LogP contribution in [0.5, 0.6) is 5.75 Å². The van der Waals surface area contributed by atoms with Gasteiger partial charge in [-0.25, -0.2) is 9.37 Å². The number of benzene rings is 2. The van der Waals surface area contributed by atoms with Gasteiger partial charge in [0.2, 0.25) is 5.95 Å². The van der Waals surface area contributed by atoms with Crippen LogP contribution in [-0.4, -0.2) is 30.3 Å². The summed E-state index contributed by atoms with van der Waals surface area (Å²) >= 11 is 0. The Hall–Kier alpha value is -3.19. The summed E-state index contributed by atoms with van der Waals surface area (Å²) in [5.74, 6) is 0.556. The molecule has 3 aromatic rings. The van der Waals surface area contributed by atoms with Gasteiger partial charge < -0.3 is 20.1 Å². The second-order valence-corrected chi connectivity index (χ2v) is 5.30. The lowest BCUT2D eigenvalue weighted by Gasteiger charge is -2.10. The first kappa shape index (κ1) is 17.6. The molecule has 0 atom stereocenters. The van der Waals surface area contributed by atoms with Crippen LogP contribution >= 0.6 is 0 Å². The van der Waals surface area contributed by atoms with Crippen LogP contribution in [0.3, 0.4) is 0 Å². The summed E-state index contributed by atoms with van der Waals surface area (Å²) in [5.41, 5.74) is 1.45. The number of rotatable bonds is 8. The van der Waals surface area contributed by atoms with Crippen molar-refractivity contribution in [2.75, 3.05) is 31.0 Å². The van der Waals surface area contributed by atoms with Crippen LogP contribution in [0.15, 0.2) is 54.7 Å². The standard InChI is InChI=1S/C19H18FN4O2/c1-25-11-12-26-16-9-7-15(8-10-16)23-19-21-13-17(20)18(24-19)22-14-5-3-2-4-6-14/h2-3,5-10,13H,11-12H2,1H3,(H2,21,22,23,24). The Morgan fingerprint density at radius 1 is 1.08 bits per heavy atom. The number of hydrogen-bond acceptors (Lipinski definition) is 6. The van der Waals surface area contributed by atoms with Crippen LogP contribution in [0.1, 0.15) is 0 Å². The Morgan fingerprint density at radius 2 is 1.92 bits per heavy atom. The van der Waals surface area contributed by atoms with E-state index >= 15 is 0 Å². The number of methoxy groups -OCH3 is 1. The van der Waals surface area contributed by atoms with E-state index < -0.39 is 5.82 Å². The lowest BCUT2D eigenvalue weighted by atomic mass is 10.3. The first-order valence-electron chi connectivity index (χ1n) is 7.99. The van der Waals surface area contributed by atoms with Crippen LogP contribution in [0.25, 0.3) is 0 Å². The van der Waals surface area contributed by atoms with Crippen molar-refractivity contribution in [1.82, 2.24) is 9.97 Å². The summed E-state index contributed by atoms with van der Waals surface area (Å²) in [4.78, 5) is 8.14. The minimum atomic E-state index is -0.540. The summed E-state index contributed by atoms with van der Waals surface area (Å²) < 4.78 is 24.4. The quantitative estimate of drug-likeness (QED) is 0.598. The molecule has 0 unspecified atom stereocenters. The lowest BCUT2D eigenvalue weighted by Crippen LogP contribution is -2.04. The van der Waals surface area contributed by atoms with E-state index in [0.29, 0.717) is 18.9 Å². The molecule has 0 saturated heterocycles. The zero-order valence-electron chi connectivity index (χ0n) is 14.2. The van der Waals surface area contributed by atoms with Gasteiger partial charge in [0, 0.05) is 18.5 Å². The van der Waals surface area contributed by atoms with Crippen molar-refractivity contribution < 1.29 is 13.9 Å². The molecule has 7 heteroatoms. The van der Waals surface area contributed by atoms with E-state index in [1.54, 1.807) is 31.4 Å². The van der Waals surface area contributed by atoms with Crippen LogP contribution in [-0.2, 0) is 4.74 Å². The number of anilines is 4. The molecule has 3 rings (SSSR count). The van der Waals surface area contributed by atoms with Crippen molar-refractivity contribution in [3.05, 3.63) is 66.6 Å². The number of nitrogens with zero attached hydrogens (tertiary/aromatic N) is 2. The predicted molar refractivity (Wildman–Crippen MR) is 97.6 cm³/mol. The van der Waals surface area contributed by atoms with Crippen molar-refractivity contribution in [3.63, 3.8) is 0 Å². The summed E-state index contributed by atoms with van der Waals surface area (Å²) in [5, 5.41) is 5.94. The molecule has 1 radical (unpaired) electrons. The molecule has 2 N–H and O–H groups in total. The number of hydrogen-bond donors (Lipinski definition) is 2. The van der Waals surface area contributed by atoms with E-state index in [-0.39, 0.29) is 11.8 Å². The first-order chi connectivity index (χ1) is 12.7. The average molecular weight is 353 g/mol. The highest BCUT2D eigenvalue weighted by Gasteiger charge is 2.08. The first-order valence-corrected chi connectivity index (χ1v) is 7.99. The number of aromatic nitrogens is 2. The number of ether oxygens (including phenoxy) is 2. The average Bonchev–Trinajstić information content (AvgIpc) is 2.67. The van der Waals surface area contributed by atoms with Crippen molar-refractivity contribution in [2.45, 2.75) is 0 Å². The fraction of sp³-hybridized carbons (Fsp3) is 0.158. The van der Waals surface area contributed by atoms with Gasteiger partial charge in [0.05, 0.1) is 12.8 Å². The summed E-state index contributed by atoms with van der Waals surface area (Å²) in [7, 11) is 1.62. The van der Waals surface area contributed by atoms with E-state index in [4.69, 9.17) is 9.47 Å². The predicted octanol–water partition coefficient (Wildman–Crippen LogP) is 3.93. The van der Waals surface area contributed by atoms with E-state index in [9.17, 15) is 4.39 Å². The second kappa shape index (κ2) is 8.77. The third-order valence-corrected chi connectivity index (χ3v) is 3.38. The minimum Gasteiger partial charge on any atom is -0.491 e. The SMILES string of the molecule is COCCOc1ccc(Nc2ncc(F)c(Nc3c[c]ccc3)n2)cc1.